The van der Waals surface area contributed by atoms with Crippen molar-refractivity contribution in [1.29, 1.82) is 0 Å². The SMILES string of the molecule is O=C(NCCC(O)C(=O)O)Nc1ccsc1. The molecule has 16 heavy (non-hydrogen) atoms. The van der Waals surface area contributed by atoms with Crippen LogP contribution in [-0.2, 0) is 4.79 Å². The minimum absolute atomic E-state index is 0.0214. The number of aliphatic hydroxyl groups excluding tert-OH is 1. The molecule has 0 fully saturated rings. The van der Waals surface area contributed by atoms with Crippen LogP contribution in [-0.4, -0.2) is 34.9 Å². The summed E-state index contributed by atoms with van der Waals surface area (Å²) in [4.78, 5) is 21.5. The van der Waals surface area contributed by atoms with E-state index in [1.807, 2.05) is 5.38 Å². The zero-order valence-corrected chi connectivity index (χ0v) is 9.16. The van der Waals surface area contributed by atoms with Gasteiger partial charge in [0.2, 0.25) is 0 Å². The van der Waals surface area contributed by atoms with Gasteiger partial charge in [0.25, 0.3) is 0 Å². The summed E-state index contributed by atoms with van der Waals surface area (Å²) in [5.74, 6) is -1.29. The van der Waals surface area contributed by atoms with Gasteiger partial charge < -0.3 is 20.8 Å². The normalized spacial score (nSPS) is 11.8. The average Bonchev–Trinajstić information content (AvgIpc) is 2.70. The lowest BCUT2D eigenvalue weighted by Gasteiger charge is -2.07. The van der Waals surface area contributed by atoms with Gasteiger partial charge in [0.15, 0.2) is 6.10 Å². The van der Waals surface area contributed by atoms with Crippen molar-refractivity contribution in [3.8, 4) is 0 Å². The summed E-state index contributed by atoms with van der Waals surface area (Å²) in [6.45, 7) is 0.101. The van der Waals surface area contributed by atoms with Gasteiger partial charge in [0, 0.05) is 18.3 Å². The third kappa shape index (κ3) is 4.28. The summed E-state index contributed by atoms with van der Waals surface area (Å²) >= 11 is 1.45. The van der Waals surface area contributed by atoms with E-state index in [1.165, 1.54) is 11.3 Å². The summed E-state index contributed by atoms with van der Waals surface area (Å²) in [6.07, 6.45) is -1.46. The van der Waals surface area contributed by atoms with E-state index in [4.69, 9.17) is 10.2 Å². The third-order valence-corrected chi connectivity index (χ3v) is 2.45. The number of urea groups is 1. The molecule has 4 N–H and O–H groups in total. The minimum Gasteiger partial charge on any atom is -0.479 e. The van der Waals surface area contributed by atoms with Gasteiger partial charge >= 0.3 is 12.0 Å². The molecule has 0 aliphatic carbocycles. The van der Waals surface area contributed by atoms with Gasteiger partial charge in [-0.05, 0) is 11.4 Å². The van der Waals surface area contributed by atoms with E-state index in [0.717, 1.165) is 0 Å². The van der Waals surface area contributed by atoms with Gasteiger partial charge in [-0.25, -0.2) is 9.59 Å². The predicted molar refractivity (Wildman–Crippen MR) is 59.6 cm³/mol. The topological polar surface area (TPSA) is 98.7 Å². The molecule has 2 amide bonds. The summed E-state index contributed by atoms with van der Waals surface area (Å²) < 4.78 is 0. The lowest BCUT2D eigenvalue weighted by atomic mass is 10.2. The van der Waals surface area contributed by atoms with Crippen molar-refractivity contribution in [3.05, 3.63) is 16.8 Å². The van der Waals surface area contributed by atoms with Gasteiger partial charge in [0.1, 0.15) is 0 Å². The summed E-state index contributed by atoms with van der Waals surface area (Å²) in [6, 6.07) is 1.33. The summed E-state index contributed by atoms with van der Waals surface area (Å²) in [5, 5.41) is 25.9. The number of carboxylic acid groups (broad SMARTS) is 1. The molecule has 6 nitrogen and oxygen atoms in total. The molecule has 88 valence electrons. The number of anilines is 1. The van der Waals surface area contributed by atoms with Crippen molar-refractivity contribution in [1.82, 2.24) is 5.32 Å². The lowest BCUT2D eigenvalue weighted by molar-refractivity contribution is -0.146. The molecule has 1 unspecified atom stereocenters. The van der Waals surface area contributed by atoms with Crippen LogP contribution in [0.3, 0.4) is 0 Å². The standard InChI is InChI=1S/C9H12N2O4S/c12-7(8(13)14)1-3-10-9(15)11-6-2-4-16-5-6/h2,4-5,7,12H,1,3H2,(H,13,14)(H2,10,11,15). The molecule has 1 rings (SSSR count). The smallest absolute Gasteiger partial charge is 0.332 e. The van der Waals surface area contributed by atoms with E-state index < -0.39 is 18.1 Å². The molecule has 0 aliphatic heterocycles. The van der Waals surface area contributed by atoms with Crippen molar-refractivity contribution in [3.63, 3.8) is 0 Å². The van der Waals surface area contributed by atoms with Crippen molar-refractivity contribution >= 4 is 29.0 Å². The molecular weight excluding hydrogens is 232 g/mol. The fourth-order valence-electron chi connectivity index (χ4n) is 0.957. The highest BCUT2D eigenvalue weighted by molar-refractivity contribution is 7.08. The molecule has 1 atom stereocenters. The number of nitrogens with one attached hydrogen (secondary N) is 2. The predicted octanol–water partition coefficient (Wildman–Crippen LogP) is 0.705. The van der Waals surface area contributed by atoms with Crippen molar-refractivity contribution < 1.29 is 19.8 Å². The highest BCUT2D eigenvalue weighted by Crippen LogP contribution is 2.11. The molecule has 0 spiro atoms. The van der Waals surface area contributed by atoms with Gasteiger partial charge in [-0.2, -0.15) is 11.3 Å². The number of aliphatic carboxylic acids is 1. The fourth-order valence-corrected chi connectivity index (χ4v) is 1.54. The number of carbonyl (C=O) groups is 2. The van der Waals surface area contributed by atoms with E-state index in [9.17, 15) is 9.59 Å². The van der Waals surface area contributed by atoms with Crippen molar-refractivity contribution in [2.24, 2.45) is 0 Å². The van der Waals surface area contributed by atoms with Crippen LogP contribution in [0.25, 0.3) is 0 Å². The van der Waals surface area contributed by atoms with Crippen LogP contribution in [0.4, 0.5) is 10.5 Å². The van der Waals surface area contributed by atoms with Crippen LogP contribution >= 0.6 is 11.3 Å². The van der Waals surface area contributed by atoms with Crippen LogP contribution in [0.2, 0.25) is 0 Å². The molecule has 0 saturated carbocycles. The summed E-state index contributed by atoms with van der Waals surface area (Å²) in [7, 11) is 0. The van der Waals surface area contributed by atoms with Gasteiger partial charge in [-0.3, -0.25) is 0 Å². The molecule has 0 aliphatic rings. The molecule has 0 aromatic carbocycles. The number of thiophene rings is 1. The highest BCUT2D eigenvalue weighted by atomic mass is 32.1. The van der Waals surface area contributed by atoms with E-state index in [2.05, 4.69) is 10.6 Å². The highest BCUT2D eigenvalue weighted by Gasteiger charge is 2.12. The van der Waals surface area contributed by atoms with Crippen molar-refractivity contribution in [2.75, 3.05) is 11.9 Å². The van der Waals surface area contributed by atoms with Crippen LogP contribution in [0.5, 0.6) is 0 Å². The Morgan fingerprint density at radius 3 is 2.81 bits per heavy atom. The molecule has 1 aromatic rings. The molecule has 1 heterocycles. The largest absolute Gasteiger partial charge is 0.479 e. The number of hydrogen-bond acceptors (Lipinski definition) is 4. The first-order valence-electron chi connectivity index (χ1n) is 4.57. The summed E-state index contributed by atoms with van der Waals surface area (Å²) in [5.41, 5.74) is 0.682. The molecule has 0 bridgehead atoms. The van der Waals surface area contributed by atoms with E-state index in [0.29, 0.717) is 5.69 Å². The minimum atomic E-state index is -1.44. The van der Waals surface area contributed by atoms with E-state index in [1.54, 1.807) is 11.4 Å². The maximum atomic E-state index is 11.2. The van der Waals surface area contributed by atoms with Gasteiger partial charge in [0.05, 0.1) is 5.69 Å². The van der Waals surface area contributed by atoms with Gasteiger partial charge in [-0.15, -0.1) is 0 Å². The molecule has 7 heteroatoms. The number of hydrogen-bond donors (Lipinski definition) is 4. The van der Waals surface area contributed by atoms with E-state index >= 15 is 0 Å². The number of carboxylic acids is 1. The number of carbonyl (C=O) groups excluding carboxylic acids is 1. The van der Waals surface area contributed by atoms with Crippen LogP contribution in [0.1, 0.15) is 6.42 Å². The zero-order valence-electron chi connectivity index (χ0n) is 8.34. The third-order valence-electron chi connectivity index (χ3n) is 1.77. The second kappa shape index (κ2) is 6.09. The molecular formula is C9H12N2O4S. The Bertz CT molecular complexity index is 352. The Morgan fingerprint density at radius 1 is 1.50 bits per heavy atom. The Labute approximate surface area is 95.9 Å². The number of rotatable bonds is 5. The molecule has 0 radical (unpaired) electrons. The number of aliphatic hydroxyl groups is 1. The second-order valence-corrected chi connectivity index (χ2v) is 3.82. The van der Waals surface area contributed by atoms with E-state index in [-0.39, 0.29) is 13.0 Å². The average molecular weight is 244 g/mol. The first-order chi connectivity index (χ1) is 7.59. The first kappa shape index (κ1) is 12.5. The Balaban J connectivity index is 2.18. The fraction of sp³-hybridized carbons (Fsp3) is 0.333. The number of amides is 2. The Hall–Kier alpha value is -1.60. The van der Waals surface area contributed by atoms with Crippen LogP contribution < -0.4 is 10.6 Å². The van der Waals surface area contributed by atoms with Gasteiger partial charge in [-0.1, -0.05) is 0 Å². The molecule has 1 aromatic heterocycles. The Kier molecular flexibility index (Phi) is 4.74. The zero-order chi connectivity index (χ0) is 12.0. The monoisotopic (exact) mass is 244 g/mol. The molecule has 0 saturated heterocycles. The maximum Gasteiger partial charge on any atom is 0.332 e. The quantitative estimate of drug-likeness (QED) is 0.613. The first-order valence-corrected chi connectivity index (χ1v) is 5.52. The van der Waals surface area contributed by atoms with Crippen LogP contribution in [0.15, 0.2) is 16.8 Å². The Morgan fingerprint density at radius 2 is 2.25 bits per heavy atom. The van der Waals surface area contributed by atoms with Crippen molar-refractivity contribution in [2.45, 2.75) is 12.5 Å². The maximum absolute atomic E-state index is 11.2. The van der Waals surface area contributed by atoms with Crippen LogP contribution in [0, 0.1) is 0 Å². The second-order valence-electron chi connectivity index (χ2n) is 3.04. The lowest BCUT2D eigenvalue weighted by Crippen LogP contribution is -2.32.